The molecule has 0 aliphatic heterocycles. The number of aryl methyl sites for hydroxylation is 1. The lowest BCUT2D eigenvalue weighted by Crippen LogP contribution is -2.24. The van der Waals surface area contributed by atoms with Crippen LogP contribution in [0.1, 0.15) is 18.1 Å². The standard InChI is InChI=1S/C18H20N2O4/c1-3-14-6-4-5-7-16(14)24-12-18(22)20-19-11-13-8-9-17(23-2)15(21)10-13/h4-11,21H,3,12H2,1-2H3,(H,20,22)/b19-11+. The van der Waals surface area contributed by atoms with E-state index >= 15 is 0 Å². The molecule has 0 unspecified atom stereocenters. The van der Waals surface area contributed by atoms with Gasteiger partial charge in [0.25, 0.3) is 5.91 Å². The van der Waals surface area contributed by atoms with Gasteiger partial charge < -0.3 is 14.6 Å². The molecule has 0 aromatic heterocycles. The zero-order chi connectivity index (χ0) is 17.4. The summed E-state index contributed by atoms with van der Waals surface area (Å²) in [6.07, 6.45) is 2.26. The number of methoxy groups -OCH3 is 1. The van der Waals surface area contributed by atoms with Gasteiger partial charge in [-0.3, -0.25) is 4.79 Å². The van der Waals surface area contributed by atoms with Crippen LogP contribution in [0.3, 0.4) is 0 Å². The number of phenols is 1. The summed E-state index contributed by atoms with van der Waals surface area (Å²) in [5.74, 6) is 0.709. The van der Waals surface area contributed by atoms with E-state index in [4.69, 9.17) is 9.47 Å². The predicted octanol–water partition coefficient (Wildman–Crippen LogP) is 2.49. The molecule has 0 spiro atoms. The van der Waals surface area contributed by atoms with E-state index in [9.17, 15) is 9.90 Å². The van der Waals surface area contributed by atoms with Crippen molar-refractivity contribution < 1.29 is 19.4 Å². The molecular weight excluding hydrogens is 308 g/mol. The molecule has 6 nitrogen and oxygen atoms in total. The Bertz CT molecular complexity index is 729. The quantitative estimate of drug-likeness (QED) is 0.604. The van der Waals surface area contributed by atoms with Gasteiger partial charge in [-0.05, 0) is 41.8 Å². The summed E-state index contributed by atoms with van der Waals surface area (Å²) in [5.41, 5.74) is 4.05. The topological polar surface area (TPSA) is 80.2 Å². The van der Waals surface area contributed by atoms with Crippen molar-refractivity contribution in [2.75, 3.05) is 13.7 Å². The number of hydrogen-bond acceptors (Lipinski definition) is 5. The fraction of sp³-hybridized carbons (Fsp3) is 0.222. The molecule has 24 heavy (non-hydrogen) atoms. The van der Waals surface area contributed by atoms with Crippen LogP contribution in [0.25, 0.3) is 0 Å². The van der Waals surface area contributed by atoms with Gasteiger partial charge in [0.2, 0.25) is 0 Å². The molecule has 2 aromatic rings. The van der Waals surface area contributed by atoms with Gasteiger partial charge in [-0.15, -0.1) is 0 Å². The Morgan fingerprint density at radius 1 is 1.25 bits per heavy atom. The maximum absolute atomic E-state index is 11.8. The first-order chi connectivity index (χ1) is 11.6. The largest absolute Gasteiger partial charge is 0.504 e. The summed E-state index contributed by atoms with van der Waals surface area (Å²) < 4.78 is 10.5. The second-order valence-electron chi connectivity index (χ2n) is 4.97. The number of carbonyl (C=O) groups excluding carboxylic acids is 1. The van der Waals surface area contributed by atoms with Crippen LogP contribution in [0.4, 0.5) is 0 Å². The number of nitrogens with zero attached hydrogens (tertiary/aromatic N) is 1. The lowest BCUT2D eigenvalue weighted by atomic mass is 10.1. The third-order valence-corrected chi connectivity index (χ3v) is 3.32. The van der Waals surface area contributed by atoms with Crippen molar-refractivity contribution in [1.82, 2.24) is 5.43 Å². The number of amides is 1. The van der Waals surface area contributed by atoms with Crippen molar-refractivity contribution in [3.63, 3.8) is 0 Å². The zero-order valence-electron chi connectivity index (χ0n) is 13.7. The van der Waals surface area contributed by atoms with E-state index in [1.165, 1.54) is 19.4 Å². The molecule has 2 aromatic carbocycles. The molecule has 0 heterocycles. The number of aromatic hydroxyl groups is 1. The number of benzene rings is 2. The van der Waals surface area contributed by atoms with Crippen molar-refractivity contribution in [1.29, 1.82) is 0 Å². The highest BCUT2D eigenvalue weighted by Crippen LogP contribution is 2.25. The fourth-order valence-electron chi connectivity index (χ4n) is 2.08. The van der Waals surface area contributed by atoms with Gasteiger partial charge in [-0.2, -0.15) is 5.10 Å². The Morgan fingerprint density at radius 3 is 2.75 bits per heavy atom. The summed E-state index contributed by atoms with van der Waals surface area (Å²) in [6.45, 7) is 1.90. The SMILES string of the molecule is CCc1ccccc1OCC(=O)N/N=C/c1ccc(OC)c(O)c1. The molecular formula is C18H20N2O4. The summed E-state index contributed by atoms with van der Waals surface area (Å²) in [7, 11) is 1.47. The monoisotopic (exact) mass is 328 g/mol. The number of para-hydroxylation sites is 1. The summed E-state index contributed by atoms with van der Waals surface area (Å²) >= 11 is 0. The highest BCUT2D eigenvalue weighted by molar-refractivity contribution is 5.83. The van der Waals surface area contributed by atoms with Gasteiger partial charge in [0, 0.05) is 0 Å². The van der Waals surface area contributed by atoms with Gasteiger partial charge in [-0.25, -0.2) is 5.43 Å². The highest BCUT2D eigenvalue weighted by Gasteiger charge is 2.05. The predicted molar refractivity (Wildman–Crippen MR) is 91.7 cm³/mol. The van der Waals surface area contributed by atoms with Crippen molar-refractivity contribution in [2.24, 2.45) is 5.10 Å². The van der Waals surface area contributed by atoms with Crippen LogP contribution in [0.2, 0.25) is 0 Å². The third kappa shape index (κ3) is 4.74. The van der Waals surface area contributed by atoms with E-state index in [1.807, 2.05) is 31.2 Å². The number of nitrogens with one attached hydrogen (secondary N) is 1. The van der Waals surface area contributed by atoms with Crippen molar-refractivity contribution in [2.45, 2.75) is 13.3 Å². The number of hydrogen-bond donors (Lipinski definition) is 2. The average Bonchev–Trinajstić information content (AvgIpc) is 2.60. The van der Waals surface area contributed by atoms with Crippen molar-refractivity contribution in [3.05, 3.63) is 53.6 Å². The molecule has 0 radical (unpaired) electrons. The second-order valence-corrected chi connectivity index (χ2v) is 4.97. The Kier molecular flexibility index (Phi) is 6.19. The van der Waals surface area contributed by atoms with E-state index in [-0.39, 0.29) is 18.3 Å². The Hall–Kier alpha value is -3.02. The molecule has 0 saturated carbocycles. The summed E-state index contributed by atoms with van der Waals surface area (Å²) in [6, 6.07) is 12.4. The van der Waals surface area contributed by atoms with E-state index in [0.29, 0.717) is 17.1 Å². The number of ether oxygens (including phenoxy) is 2. The molecule has 0 bridgehead atoms. The molecule has 126 valence electrons. The molecule has 2 rings (SSSR count). The van der Waals surface area contributed by atoms with Crippen LogP contribution in [0.15, 0.2) is 47.6 Å². The molecule has 0 aliphatic carbocycles. The van der Waals surface area contributed by atoms with E-state index in [0.717, 1.165) is 12.0 Å². The molecule has 1 amide bonds. The molecule has 0 aliphatic rings. The number of rotatable bonds is 7. The maximum Gasteiger partial charge on any atom is 0.277 e. The van der Waals surface area contributed by atoms with Crippen molar-refractivity contribution in [3.8, 4) is 17.2 Å². The first-order valence-electron chi connectivity index (χ1n) is 7.53. The smallest absolute Gasteiger partial charge is 0.277 e. The Labute approximate surface area is 140 Å². The van der Waals surface area contributed by atoms with Crippen LogP contribution in [0, 0.1) is 0 Å². The summed E-state index contributed by atoms with van der Waals surface area (Å²) in [4.78, 5) is 11.8. The van der Waals surface area contributed by atoms with Gasteiger partial charge in [-0.1, -0.05) is 25.1 Å². The van der Waals surface area contributed by atoms with Crippen molar-refractivity contribution >= 4 is 12.1 Å². The van der Waals surface area contributed by atoms with Crippen LogP contribution in [-0.2, 0) is 11.2 Å². The number of hydrazone groups is 1. The Balaban J connectivity index is 1.85. The van der Waals surface area contributed by atoms with E-state index in [2.05, 4.69) is 10.5 Å². The van der Waals surface area contributed by atoms with Gasteiger partial charge in [0.1, 0.15) is 5.75 Å². The zero-order valence-corrected chi connectivity index (χ0v) is 13.7. The minimum absolute atomic E-state index is 0.00674. The van der Waals surface area contributed by atoms with Crippen LogP contribution in [0.5, 0.6) is 17.2 Å². The van der Waals surface area contributed by atoms with E-state index < -0.39 is 0 Å². The minimum atomic E-state index is -0.366. The number of carbonyl (C=O) groups is 1. The van der Waals surface area contributed by atoms with E-state index in [1.54, 1.807) is 12.1 Å². The molecule has 2 N–H and O–H groups in total. The third-order valence-electron chi connectivity index (χ3n) is 3.32. The van der Waals surface area contributed by atoms with Gasteiger partial charge in [0.15, 0.2) is 18.1 Å². The summed E-state index contributed by atoms with van der Waals surface area (Å²) in [5, 5.41) is 13.5. The lowest BCUT2D eigenvalue weighted by molar-refractivity contribution is -0.123. The molecule has 0 saturated heterocycles. The minimum Gasteiger partial charge on any atom is -0.504 e. The van der Waals surface area contributed by atoms with Gasteiger partial charge in [0.05, 0.1) is 13.3 Å². The molecule has 0 atom stereocenters. The van der Waals surface area contributed by atoms with Crippen LogP contribution in [-0.4, -0.2) is 30.9 Å². The number of phenolic OH excluding ortho intramolecular Hbond substituents is 1. The van der Waals surface area contributed by atoms with Crippen LogP contribution >= 0.6 is 0 Å². The average molecular weight is 328 g/mol. The first-order valence-corrected chi connectivity index (χ1v) is 7.53. The maximum atomic E-state index is 11.8. The lowest BCUT2D eigenvalue weighted by Gasteiger charge is -2.09. The fourth-order valence-corrected chi connectivity index (χ4v) is 2.08. The second kappa shape index (κ2) is 8.57. The molecule has 0 fully saturated rings. The first kappa shape index (κ1) is 17.3. The Morgan fingerprint density at radius 2 is 2.04 bits per heavy atom. The van der Waals surface area contributed by atoms with Gasteiger partial charge >= 0.3 is 0 Å². The highest BCUT2D eigenvalue weighted by atomic mass is 16.5. The molecule has 6 heteroatoms. The normalized spacial score (nSPS) is 10.6. The van der Waals surface area contributed by atoms with Crippen LogP contribution < -0.4 is 14.9 Å².